The molecule has 5 heteroatoms. The first-order chi connectivity index (χ1) is 9.13. The number of nitrogens with zero attached hydrogens (tertiary/aromatic N) is 1. The van der Waals surface area contributed by atoms with Crippen molar-refractivity contribution in [3.05, 3.63) is 42.1 Å². The van der Waals surface area contributed by atoms with Crippen molar-refractivity contribution < 1.29 is 14.7 Å². The fraction of sp³-hybridized carbons (Fsp3) is 0.214. The van der Waals surface area contributed by atoms with Crippen molar-refractivity contribution in [1.82, 2.24) is 10.3 Å². The van der Waals surface area contributed by atoms with Crippen LogP contribution < -0.4 is 5.32 Å². The van der Waals surface area contributed by atoms with E-state index in [-0.39, 0.29) is 0 Å². The summed E-state index contributed by atoms with van der Waals surface area (Å²) in [5, 5.41) is 12.3. The number of hydrogen-bond donors (Lipinski definition) is 2. The topological polar surface area (TPSA) is 79.3 Å². The summed E-state index contributed by atoms with van der Waals surface area (Å²) < 4.78 is 0. The van der Waals surface area contributed by atoms with Crippen LogP contribution in [0.5, 0.6) is 0 Å². The Morgan fingerprint density at radius 3 is 2.74 bits per heavy atom. The Morgan fingerprint density at radius 2 is 2.05 bits per heavy atom. The number of rotatable bonds is 4. The summed E-state index contributed by atoms with van der Waals surface area (Å²) in [5.41, 5.74) is 0.959. The number of carboxylic acid groups (broad SMARTS) is 1. The van der Waals surface area contributed by atoms with Crippen LogP contribution in [-0.4, -0.2) is 28.0 Å². The quantitative estimate of drug-likeness (QED) is 0.876. The van der Waals surface area contributed by atoms with Gasteiger partial charge in [0.25, 0.3) is 5.91 Å². The van der Waals surface area contributed by atoms with E-state index in [1.165, 1.54) is 0 Å². The number of hydrogen-bond acceptors (Lipinski definition) is 3. The van der Waals surface area contributed by atoms with Crippen molar-refractivity contribution in [3.63, 3.8) is 0 Å². The number of benzene rings is 1. The van der Waals surface area contributed by atoms with Crippen LogP contribution in [0.4, 0.5) is 0 Å². The third-order valence-electron chi connectivity index (χ3n) is 2.89. The Balaban J connectivity index is 2.34. The van der Waals surface area contributed by atoms with Crippen LogP contribution in [-0.2, 0) is 4.79 Å². The lowest BCUT2D eigenvalue weighted by Gasteiger charge is -2.13. The number of carbonyl (C=O) groups is 2. The zero-order chi connectivity index (χ0) is 13.8. The molecule has 0 bridgehead atoms. The SMILES string of the molecule is CCC(NC(=O)c1cccc2cccnc12)C(=O)O. The van der Waals surface area contributed by atoms with E-state index in [2.05, 4.69) is 10.3 Å². The fourth-order valence-corrected chi connectivity index (χ4v) is 1.86. The number of aliphatic carboxylic acids is 1. The highest BCUT2D eigenvalue weighted by atomic mass is 16.4. The Bertz CT molecular complexity index is 620. The lowest BCUT2D eigenvalue weighted by molar-refractivity contribution is -0.139. The molecule has 2 N–H and O–H groups in total. The molecule has 98 valence electrons. The molecule has 1 amide bonds. The van der Waals surface area contributed by atoms with Gasteiger partial charge in [0, 0.05) is 11.6 Å². The molecule has 19 heavy (non-hydrogen) atoms. The number of nitrogens with one attached hydrogen (secondary N) is 1. The minimum absolute atomic E-state index is 0.333. The van der Waals surface area contributed by atoms with Crippen molar-refractivity contribution in [1.29, 1.82) is 0 Å². The number of para-hydroxylation sites is 1. The normalized spacial score (nSPS) is 12.1. The molecule has 1 atom stereocenters. The molecule has 5 nitrogen and oxygen atoms in total. The summed E-state index contributed by atoms with van der Waals surface area (Å²) in [6, 6.07) is 8.00. The maximum absolute atomic E-state index is 12.1. The third kappa shape index (κ3) is 2.70. The van der Waals surface area contributed by atoms with Gasteiger partial charge in [0.15, 0.2) is 0 Å². The van der Waals surface area contributed by atoms with Crippen LogP contribution in [0.15, 0.2) is 36.5 Å². The van der Waals surface area contributed by atoms with E-state index in [4.69, 9.17) is 5.11 Å². The molecular weight excluding hydrogens is 244 g/mol. The number of carbonyl (C=O) groups excluding carboxylic acids is 1. The third-order valence-corrected chi connectivity index (χ3v) is 2.89. The molecule has 0 saturated heterocycles. The summed E-state index contributed by atoms with van der Waals surface area (Å²) in [6.45, 7) is 1.71. The summed E-state index contributed by atoms with van der Waals surface area (Å²) in [6.07, 6.45) is 1.94. The summed E-state index contributed by atoms with van der Waals surface area (Å²) in [7, 11) is 0. The van der Waals surface area contributed by atoms with Crippen LogP contribution in [0.1, 0.15) is 23.7 Å². The number of pyridine rings is 1. The summed E-state index contributed by atoms with van der Waals surface area (Å²) in [5.74, 6) is -1.46. The van der Waals surface area contributed by atoms with E-state index in [0.29, 0.717) is 17.5 Å². The second kappa shape index (κ2) is 5.48. The number of carboxylic acids is 1. The fourth-order valence-electron chi connectivity index (χ4n) is 1.86. The minimum Gasteiger partial charge on any atom is -0.480 e. The van der Waals surface area contributed by atoms with Gasteiger partial charge < -0.3 is 10.4 Å². The largest absolute Gasteiger partial charge is 0.480 e. The smallest absolute Gasteiger partial charge is 0.326 e. The Hall–Kier alpha value is -2.43. The molecule has 0 spiro atoms. The van der Waals surface area contributed by atoms with E-state index in [0.717, 1.165) is 5.39 Å². The number of fused-ring (bicyclic) bond motifs is 1. The minimum atomic E-state index is -1.04. The van der Waals surface area contributed by atoms with Crippen molar-refractivity contribution in [2.45, 2.75) is 19.4 Å². The first kappa shape index (κ1) is 13.0. The van der Waals surface area contributed by atoms with Crippen LogP contribution in [0.3, 0.4) is 0 Å². The van der Waals surface area contributed by atoms with Gasteiger partial charge in [-0.3, -0.25) is 9.78 Å². The molecule has 0 radical (unpaired) electrons. The van der Waals surface area contributed by atoms with Gasteiger partial charge in [0.1, 0.15) is 6.04 Å². The standard InChI is InChI=1S/C14H14N2O3/c1-2-11(14(18)19)16-13(17)10-7-3-5-9-6-4-8-15-12(9)10/h3-8,11H,2H2,1H3,(H,16,17)(H,18,19). The molecule has 2 aromatic rings. The zero-order valence-corrected chi connectivity index (χ0v) is 10.5. The summed E-state index contributed by atoms with van der Waals surface area (Å²) in [4.78, 5) is 27.2. The van der Waals surface area contributed by atoms with Gasteiger partial charge >= 0.3 is 5.97 Å². The lowest BCUT2D eigenvalue weighted by Crippen LogP contribution is -2.40. The second-order valence-corrected chi connectivity index (χ2v) is 4.15. The van der Waals surface area contributed by atoms with Crippen LogP contribution in [0, 0.1) is 0 Å². The Labute approximate surface area is 110 Å². The average Bonchev–Trinajstić information content (AvgIpc) is 2.43. The molecule has 1 unspecified atom stereocenters. The van der Waals surface area contributed by atoms with Gasteiger partial charge in [0.2, 0.25) is 0 Å². The highest BCUT2D eigenvalue weighted by Crippen LogP contribution is 2.16. The molecule has 1 aromatic heterocycles. The van der Waals surface area contributed by atoms with Crippen LogP contribution in [0.2, 0.25) is 0 Å². The molecule has 1 aromatic carbocycles. The van der Waals surface area contributed by atoms with Crippen LogP contribution >= 0.6 is 0 Å². The lowest BCUT2D eigenvalue weighted by atomic mass is 10.1. The molecule has 1 heterocycles. The summed E-state index contributed by atoms with van der Waals surface area (Å²) >= 11 is 0. The maximum atomic E-state index is 12.1. The molecule has 2 rings (SSSR count). The molecular formula is C14H14N2O3. The monoisotopic (exact) mass is 258 g/mol. The van der Waals surface area contributed by atoms with Crippen molar-refractivity contribution in [3.8, 4) is 0 Å². The van der Waals surface area contributed by atoms with Crippen LogP contribution in [0.25, 0.3) is 10.9 Å². The van der Waals surface area contributed by atoms with Gasteiger partial charge in [-0.05, 0) is 18.6 Å². The average molecular weight is 258 g/mol. The van der Waals surface area contributed by atoms with E-state index in [1.54, 1.807) is 31.3 Å². The highest BCUT2D eigenvalue weighted by molar-refractivity contribution is 6.06. The highest BCUT2D eigenvalue weighted by Gasteiger charge is 2.19. The molecule has 0 aliphatic carbocycles. The predicted molar refractivity (Wildman–Crippen MR) is 70.9 cm³/mol. The maximum Gasteiger partial charge on any atom is 0.326 e. The van der Waals surface area contributed by atoms with Gasteiger partial charge in [-0.1, -0.05) is 25.1 Å². The second-order valence-electron chi connectivity index (χ2n) is 4.15. The van der Waals surface area contributed by atoms with E-state index >= 15 is 0 Å². The van der Waals surface area contributed by atoms with E-state index in [1.807, 2.05) is 12.1 Å². The van der Waals surface area contributed by atoms with Crippen molar-refractivity contribution >= 4 is 22.8 Å². The van der Waals surface area contributed by atoms with Gasteiger partial charge in [-0.15, -0.1) is 0 Å². The first-order valence-corrected chi connectivity index (χ1v) is 6.01. The Morgan fingerprint density at radius 1 is 1.32 bits per heavy atom. The predicted octanol–water partition coefficient (Wildman–Crippen LogP) is 1.83. The van der Waals surface area contributed by atoms with Gasteiger partial charge in [-0.25, -0.2) is 4.79 Å². The molecule has 0 saturated carbocycles. The first-order valence-electron chi connectivity index (χ1n) is 6.01. The van der Waals surface area contributed by atoms with Crippen molar-refractivity contribution in [2.24, 2.45) is 0 Å². The number of amides is 1. The molecule has 0 aliphatic heterocycles. The van der Waals surface area contributed by atoms with E-state index < -0.39 is 17.9 Å². The number of aromatic nitrogens is 1. The van der Waals surface area contributed by atoms with Gasteiger partial charge in [0.05, 0.1) is 11.1 Å². The molecule has 0 aliphatic rings. The van der Waals surface area contributed by atoms with Gasteiger partial charge in [-0.2, -0.15) is 0 Å². The Kier molecular flexibility index (Phi) is 3.75. The molecule has 0 fully saturated rings. The van der Waals surface area contributed by atoms with E-state index in [9.17, 15) is 9.59 Å². The zero-order valence-electron chi connectivity index (χ0n) is 10.5. The van der Waals surface area contributed by atoms with Crippen molar-refractivity contribution in [2.75, 3.05) is 0 Å².